The van der Waals surface area contributed by atoms with Crippen molar-refractivity contribution in [2.24, 2.45) is 0 Å². The summed E-state index contributed by atoms with van der Waals surface area (Å²) in [5.74, 6) is -1.92. The fourth-order valence-corrected chi connectivity index (χ4v) is 2.02. The largest absolute Gasteiger partial charge is 0.299 e. The molecule has 0 saturated heterocycles. The third-order valence-electron chi connectivity index (χ3n) is 3.23. The number of halogens is 2. The van der Waals surface area contributed by atoms with Gasteiger partial charge < -0.3 is 0 Å². The van der Waals surface area contributed by atoms with Gasteiger partial charge >= 0.3 is 0 Å². The van der Waals surface area contributed by atoms with E-state index >= 15 is 0 Å². The van der Waals surface area contributed by atoms with Gasteiger partial charge in [0.2, 0.25) is 0 Å². The van der Waals surface area contributed by atoms with Crippen molar-refractivity contribution in [3.63, 3.8) is 0 Å². The Balaban J connectivity index is 1.92. The van der Waals surface area contributed by atoms with Gasteiger partial charge in [0.1, 0.15) is 5.78 Å². The average molecular weight is 274 g/mol. The summed E-state index contributed by atoms with van der Waals surface area (Å²) in [5, 5.41) is 0. The Kier molecular flexibility index (Phi) is 4.61. The summed E-state index contributed by atoms with van der Waals surface area (Å²) in [7, 11) is 0. The van der Waals surface area contributed by atoms with Crippen LogP contribution >= 0.6 is 0 Å². The van der Waals surface area contributed by atoms with E-state index in [-0.39, 0.29) is 17.8 Å². The van der Waals surface area contributed by atoms with Crippen molar-refractivity contribution in [1.82, 2.24) is 0 Å². The number of hydrogen-bond donors (Lipinski definition) is 0. The van der Waals surface area contributed by atoms with Crippen LogP contribution in [-0.2, 0) is 17.6 Å². The monoisotopic (exact) mass is 274 g/mol. The zero-order valence-electron chi connectivity index (χ0n) is 11.3. The summed E-state index contributed by atoms with van der Waals surface area (Å²) in [6.07, 6.45) is 0.893. The standard InChI is InChI=1S/C17H16F2O/c1-12-5-7-13(8-6-12)9-10-15(20)11-14-3-2-4-16(18)17(14)19/h2-8H,9-11H2,1H3. The molecule has 0 atom stereocenters. The van der Waals surface area contributed by atoms with Crippen molar-refractivity contribution in [1.29, 1.82) is 0 Å². The number of ketones is 1. The molecule has 0 radical (unpaired) electrons. The lowest BCUT2D eigenvalue weighted by molar-refractivity contribution is -0.118. The number of carbonyl (C=O) groups excluding carboxylic acids is 1. The van der Waals surface area contributed by atoms with Gasteiger partial charge in [-0.3, -0.25) is 4.79 Å². The van der Waals surface area contributed by atoms with Crippen molar-refractivity contribution in [2.75, 3.05) is 0 Å². The molecule has 0 N–H and O–H groups in total. The van der Waals surface area contributed by atoms with E-state index in [4.69, 9.17) is 0 Å². The van der Waals surface area contributed by atoms with Gasteiger partial charge in [0.15, 0.2) is 11.6 Å². The molecule has 1 nitrogen and oxygen atoms in total. The second-order valence-electron chi connectivity index (χ2n) is 4.91. The van der Waals surface area contributed by atoms with Crippen LogP contribution in [-0.4, -0.2) is 5.78 Å². The maximum atomic E-state index is 13.4. The first-order valence-electron chi connectivity index (χ1n) is 6.56. The van der Waals surface area contributed by atoms with Gasteiger partial charge in [-0.25, -0.2) is 8.78 Å². The predicted molar refractivity (Wildman–Crippen MR) is 74.6 cm³/mol. The SMILES string of the molecule is Cc1ccc(CCC(=O)Cc2cccc(F)c2F)cc1. The van der Waals surface area contributed by atoms with Gasteiger partial charge in [-0.15, -0.1) is 0 Å². The third-order valence-corrected chi connectivity index (χ3v) is 3.23. The van der Waals surface area contributed by atoms with Crippen molar-refractivity contribution in [3.05, 3.63) is 70.8 Å². The minimum Gasteiger partial charge on any atom is -0.299 e. The molecule has 0 aliphatic heterocycles. The molecule has 0 bridgehead atoms. The fraction of sp³-hybridized carbons (Fsp3) is 0.235. The second kappa shape index (κ2) is 6.42. The molecule has 0 fully saturated rings. The Morgan fingerprint density at radius 2 is 1.75 bits per heavy atom. The van der Waals surface area contributed by atoms with E-state index in [0.717, 1.165) is 11.6 Å². The molecule has 0 aliphatic rings. The van der Waals surface area contributed by atoms with Gasteiger partial charge in [-0.05, 0) is 30.5 Å². The molecule has 2 aromatic carbocycles. The van der Waals surface area contributed by atoms with E-state index in [0.29, 0.717) is 12.8 Å². The fourth-order valence-electron chi connectivity index (χ4n) is 2.02. The summed E-state index contributed by atoms with van der Waals surface area (Å²) < 4.78 is 26.5. The highest BCUT2D eigenvalue weighted by atomic mass is 19.2. The topological polar surface area (TPSA) is 17.1 Å². The van der Waals surface area contributed by atoms with Crippen molar-refractivity contribution < 1.29 is 13.6 Å². The van der Waals surface area contributed by atoms with Crippen LogP contribution in [0.2, 0.25) is 0 Å². The van der Waals surface area contributed by atoms with Crippen LogP contribution < -0.4 is 0 Å². The Bertz CT molecular complexity index is 603. The molecule has 0 spiro atoms. The van der Waals surface area contributed by atoms with Crippen molar-refractivity contribution >= 4 is 5.78 Å². The van der Waals surface area contributed by atoms with Crippen molar-refractivity contribution in [3.8, 4) is 0 Å². The second-order valence-corrected chi connectivity index (χ2v) is 4.91. The van der Waals surface area contributed by atoms with Crippen LogP contribution in [0.15, 0.2) is 42.5 Å². The van der Waals surface area contributed by atoms with Crippen LogP contribution in [0.4, 0.5) is 8.78 Å². The lowest BCUT2D eigenvalue weighted by atomic mass is 10.0. The highest BCUT2D eigenvalue weighted by Gasteiger charge is 2.11. The maximum absolute atomic E-state index is 13.4. The number of aryl methyl sites for hydroxylation is 2. The molecule has 0 unspecified atom stereocenters. The Morgan fingerprint density at radius 1 is 1.05 bits per heavy atom. The molecule has 0 saturated carbocycles. The maximum Gasteiger partial charge on any atom is 0.162 e. The Labute approximate surface area is 117 Å². The highest BCUT2D eigenvalue weighted by molar-refractivity contribution is 5.81. The zero-order chi connectivity index (χ0) is 14.5. The summed E-state index contributed by atoms with van der Waals surface area (Å²) >= 11 is 0. The molecule has 0 amide bonds. The van der Waals surface area contributed by atoms with Gasteiger partial charge in [0.25, 0.3) is 0 Å². The van der Waals surface area contributed by atoms with Crippen molar-refractivity contribution in [2.45, 2.75) is 26.2 Å². The number of benzene rings is 2. The lowest BCUT2D eigenvalue weighted by Crippen LogP contribution is -2.06. The molecule has 20 heavy (non-hydrogen) atoms. The van der Waals surface area contributed by atoms with E-state index < -0.39 is 11.6 Å². The van der Waals surface area contributed by atoms with Crippen LogP contribution in [0.5, 0.6) is 0 Å². The molecule has 0 aliphatic carbocycles. The third kappa shape index (κ3) is 3.73. The Hall–Kier alpha value is -2.03. The Morgan fingerprint density at radius 3 is 2.45 bits per heavy atom. The van der Waals surface area contributed by atoms with E-state index in [1.165, 1.54) is 17.7 Å². The number of carbonyl (C=O) groups is 1. The summed E-state index contributed by atoms with van der Waals surface area (Å²) in [6, 6.07) is 11.9. The minimum atomic E-state index is -0.920. The first kappa shape index (κ1) is 14.4. The van der Waals surface area contributed by atoms with Gasteiger partial charge in [0, 0.05) is 12.8 Å². The summed E-state index contributed by atoms with van der Waals surface area (Å²) in [5.41, 5.74) is 2.37. The van der Waals surface area contributed by atoms with Gasteiger partial charge in [0.05, 0.1) is 0 Å². The molecular weight excluding hydrogens is 258 g/mol. The van der Waals surface area contributed by atoms with E-state index in [2.05, 4.69) is 0 Å². The lowest BCUT2D eigenvalue weighted by Gasteiger charge is -2.04. The summed E-state index contributed by atoms with van der Waals surface area (Å²) in [6.45, 7) is 2.00. The smallest absolute Gasteiger partial charge is 0.162 e. The van der Waals surface area contributed by atoms with Crippen LogP contribution in [0, 0.1) is 18.6 Å². The van der Waals surface area contributed by atoms with Crippen LogP contribution in [0.25, 0.3) is 0 Å². The van der Waals surface area contributed by atoms with E-state index in [1.54, 1.807) is 0 Å². The normalized spacial score (nSPS) is 10.6. The summed E-state index contributed by atoms with van der Waals surface area (Å²) in [4.78, 5) is 11.8. The van der Waals surface area contributed by atoms with E-state index in [9.17, 15) is 13.6 Å². The predicted octanol–water partition coefficient (Wildman–Crippen LogP) is 4.02. The van der Waals surface area contributed by atoms with E-state index in [1.807, 2.05) is 31.2 Å². The first-order valence-corrected chi connectivity index (χ1v) is 6.56. The number of hydrogen-bond acceptors (Lipinski definition) is 1. The number of rotatable bonds is 5. The number of Topliss-reactive ketones (excluding diaryl/α,β-unsaturated/α-hetero) is 1. The average Bonchev–Trinajstić information content (AvgIpc) is 2.43. The van der Waals surface area contributed by atoms with Crippen LogP contribution in [0.1, 0.15) is 23.1 Å². The zero-order valence-corrected chi connectivity index (χ0v) is 11.3. The first-order chi connectivity index (χ1) is 9.56. The molecular formula is C17H16F2O. The molecule has 3 heteroatoms. The van der Waals surface area contributed by atoms with Crippen LogP contribution in [0.3, 0.4) is 0 Å². The molecule has 2 aromatic rings. The van der Waals surface area contributed by atoms with Gasteiger partial charge in [-0.2, -0.15) is 0 Å². The minimum absolute atomic E-state index is 0.0601. The van der Waals surface area contributed by atoms with Gasteiger partial charge in [-0.1, -0.05) is 42.0 Å². The molecule has 2 rings (SSSR count). The molecule has 0 heterocycles. The molecule has 0 aromatic heterocycles. The highest BCUT2D eigenvalue weighted by Crippen LogP contribution is 2.14. The molecule has 104 valence electrons. The quantitative estimate of drug-likeness (QED) is 0.805.